The van der Waals surface area contributed by atoms with Gasteiger partial charge in [0.15, 0.2) is 5.78 Å². The Morgan fingerprint density at radius 1 is 1.18 bits per heavy atom. The molecule has 0 radical (unpaired) electrons. The zero-order chi connectivity index (χ0) is 12.4. The Hall–Kier alpha value is -1.31. The highest BCUT2D eigenvalue weighted by molar-refractivity contribution is 5.99. The van der Waals surface area contributed by atoms with Crippen LogP contribution in [0.4, 0.5) is 0 Å². The first kappa shape index (κ1) is 12.2. The van der Waals surface area contributed by atoms with Crippen LogP contribution in [0.2, 0.25) is 0 Å². The first-order chi connectivity index (χ1) is 8.15. The van der Waals surface area contributed by atoms with Gasteiger partial charge in [-0.25, -0.2) is 0 Å². The van der Waals surface area contributed by atoms with Gasteiger partial charge in [-0.3, -0.25) is 4.79 Å². The van der Waals surface area contributed by atoms with Gasteiger partial charge in [-0.1, -0.05) is 12.8 Å². The number of hydrogen-bond donors (Lipinski definition) is 0. The minimum Gasteiger partial charge on any atom is -0.496 e. The summed E-state index contributed by atoms with van der Waals surface area (Å²) in [6.07, 6.45) is 4.52. The molecule has 0 unspecified atom stereocenters. The molecule has 2 rings (SSSR count). The molecule has 0 atom stereocenters. The molecular weight excluding hydrogens is 212 g/mol. The van der Waals surface area contributed by atoms with E-state index in [0.717, 1.165) is 35.3 Å². The summed E-state index contributed by atoms with van der Waals surface area (Å²) in [5.74, 6) is 1.44. The summed E-state index contributed by atoms with van der Waals surface area (Å²) in [4.78, 5) is 12.4. The maximum absolute atomic E-state index is 12.4. The smallest absolute Gasteiger partial charge is 0.166 e. The quantitative estimate of drug-likeness (QED) is 0.743. The van der Waals surface area contributed by atoms with Crippen molar-refractivity contribution in [2.24, 2.45) is 5.92 Å². The molecule has 2 nitrogen and oxygen atoms in total. The molecule has 0 N–H and O–H groups in total. The highest BCUT2D eigenvalue weighted by atomic mass is 16.5. The SMILES string of the molecule is COc1ccc(C(=O)C2CCCC2)c(C)c1C. The van der Waals surface area contributed by atoms with Gasteiger partial charge in [-0.15, -0.1) is 0 Å². The van der Waals surface area contributed by atoms with E-state index in [0.29, 0.717) is 5.78 Å². The lowest BCUT2D eigenvalue weighted by atomic mass is 9.91. The van der Waals surface area contributed by atoms with E-state index >= 15 is 0 Å². The minimum absolute atomic E-state index is 0.251. The molecule has 1 aromatic rings. The van der Waals surface area contributed by atoms with Gasteiger partial charge in [0, 0.05) is 11.5 Å². The fourth-order valence-corrected chi connectivity index (χ4v) is 2.69. The highest BCUT2D eigenvalue weighted by Crippen LogP contribution is 2.31. The van der Waals surface area contributed by atoms with E-state index in [1.807, 2.05) is 26.0 Å². The fraction of sp³-hybridized carbons (Fsp3) is 0.533. The molecule has 0 aliphatic heterocycles. The van der Waals surface area contributed by atoms with Crippen LogP contribution in [0.25, 0.3) is 0 Å². The Morgan fingerprint density at radius 2 is 1.82 bits per heavy atom. The Morgan fingerprint density at radius 3 is 2.41 bits per heavy atom. The van der Waals surface area contributed by atoms with Gasteiger partial charge in [0.05, 0.1) is 7.11 Å². The molecule has 1 aliphatic rings. The van der Waals surface area contributed by atoms with E-state index in [1.165, 1.54) is 12.8 Å². The summed E-state index contributed by atoms with van der Waals surface area (Å²) in [7, 11) is 1.67. The van der Waals surface area contributed by atoms with Crippen LogP contribution in [0.1, 0.15) is 47.2 Å². The number of Topliss-reactive ketones (excluding diaryl/α,β-unsaturated/α-hetero) is 1. The molecule has 1 aromatic carbocycles. The number of ether oxygens (including phenoxy) is 1. The van der Waals surface area contributed by atoms with Crippen molar-refractivity contribution < 1.29 is 9.53 Å². The molecule has 92 valence electrons. The summed E-state index contributed by atoms with van der Waals surface area (Å²) in [5, 5.41) is 0. The predicted molar refractivity (Wildman–Crippen MR) is 68.8 cm³/mol. The van der Waals surface area contributed by atoms with Crippen LogP contribution in [0.15, 0.2) is 12.1 Å². The predicted octanol–water partition coefficient (Wildman–Crippen LogP) is 3.68. The minimum atomic E-state index is 0.251. The maximum Gasteiger partial charge on any atom is 0.166 e. The van der Waals surface area contributed by atoms with Crippen molar-refractivity contribution in [1.29, 1.82) is 0 Å². The van der Waals surface area contributed by atoms with Crippen molar-refractivity contribution in [1.82, 2.24) is 0 Å². The summed E-state index contributed by atoms with van der Waals surface area (Å²) in [6.45, 7) is 4.03. The van der Waals surface area contributed by atoms with Crippen molar-refractivity contribution in [3.05, 3.63) is 28.8 Å². The van der Waals surface area contributed by atoms with E-state index in [2.05, 4.69) is 0 Å². The van der Waals surface area contributed by atoms with Crippen LogP contribution in [-0.4, -0.2) is 12.9 Å². The van der Waals surface area contributed by atoms with Gasteiger partial charge in [0.2, 0.25) is 0 Å². The average Bonchev–Trinajstić information content (AvgIpc) is 2.85. The van der Waals surface area contributed by atoms with Crippen molar-refractivity contribution in [2.75, 3.05) is 7.11 Å². The number of ketones is 1. The van der Waals surface area contributed by atoms with E-state index in [9.17, 15) is 4.79 Å². The third-order valence-electron chi connectivity index (χ3n) is 3.95. The normalized spacial score (nSPS) is 16.2. The second-order valence-corrected chi connectivity index (χ2v) is 4.91. The van der Waals surface area contributed by atoms with Crippen molar-refractivity contribution in [3.8, 4) is 5.75 Å². The monoisotopic (exact) mass is 232 g/mol. The number of rotatable bonds is 3. The van der Waals surface area contributed by atoms with Crippen LogP contribution in [0.5, 0.6) is 5.75 Å². The molecule has 0 saturated heterocycles. The van der Waals surface area contributed by atoms with Crippen LogP contribution in [0, 0.1) is 19.8 Å². The molecule has 0 heterocycles. The Balaban J connectivity index is 2.32. The number of benzene rings is 1. The zero-order valence-electron chi connectivity index (χ0n) is 10.9. The summed E-state index contributed by atoms with van der Waals surface area (Å²) in [6, 6.07) is 3.83. The third kappa shape index (κ3) is 2.21. The van der Waals surface area contributed by atoms with E-state index in [4.69, 9.17) is 4.74 Å². The van der Waals surface area contributed by atoms with Crippen molar-refractivity contribution >= 4 is 5.78 Å². The first-order valence-electron chi connectivity index (χ1n) is 6.33. The van der Waals surface area contributed by atoms with E-state index < -0.39 is 0 Å². The van der Waals surface area contributed by atoms with Crippen molar-refractivity contribution in [3.63, 3.8) is 0 Å². The van der Waals surface area contributed by atoms with Crippen molar-refractivity contribution in [2.45, 2.75) is 39.5 Å². The molecule has 0 aromatic heterocycles. The van der Waals surface area contributed by atoms with E-state index in [1.54, 1.807) is 7.11 Å². The number of carbonyl (C=O) groups excluding carboxylic acids is 1. The third-order valence-corrected chi connectivity index (χ3v) is 3.95. The topological polar surface area (TPSA) is 26.3 Å². The van der Waals surface area contributed by atoms with Crippen LogP contribution in [-0.2, 0) is 0 Å². The van der Waals surface area contributed by atoms with Gasteiger partial charge in [0.1, 0.15) is 5.75 Å². The van der Waals surface area contributed by atoms with Gasteiger partial charge in [-0.2, -0.15) is 0 Å². The molecule has 1 saturated carbocycles. The van der Waals surface area contributed by atoms with Gasteiger partial charge < -0.3 is 4.74 Å². The molecule has 1 fully saturated rings. The number of carbonyl (C=O) groups is 1. The van der Waals surface area contributed by atoms with E-state index in [-0.39, 0.29) is 5.92 Å². The summed E-state index contributed by atoms with van der Waals surface area (Å²) in [5.41, 5.74) is 3.03. The lowest BCUT2D eigenvalue weighted by molar-refractivity contribution is 0.0922. The maximum atomic E-state index is 12.4. The highest BCUT2D eigenvalue weighted by Gasteiger charge is 2.25. The fourth-order valence-electron chi connectivity index (χ4n) is 2.69. The molecular formula is C15H20O2. The molecule has 2 heteroatoms. The molecule has 0 amide bonds. The lowest BCUT2D eigenvalue weighted by Crippen LogP contribution is -2.13. The second-order valence-electron chi connectivity index (χ2n) is 4.91. The standard InChI is InChI=1S/C15H20O2/c1-10-11(2)14(17-3)9-8-13(10)15(16)12-6-4-5-7-12/h8-9,12H,4-7H2,1-3H3. The molecule has 1 aliphatic carbocycles. The van der Waals surface area contributed by atoms with Crippen LogP contribution < -0.4 is 4.74 Å². The average molecular weight is 232 g/mol. The Labute approximate surface area is 103 Å². The molecule has 0 spiro atoms. The summed E-state index contributed by atoms with van der Waals surface area (Å²) >= 11 is 0. The van der Waals surface area contributed by atoms with Crippen LogP contribution >= 0.6 is 0 Å². The molecule has 0 bridgehead atoms. The number of hydrogen-bond acceptors (Lipinski definition) is 2. The Kier molecular flexibility index (Phi) is 3.51. The first-order valence-corrected chi connectivity index (χ1v) is 6.33. The van der Waals surface area contributed by atoms with Gasteiger partial charge in [-0.05, 0) is 49.9 Å². The largest absolute Gasteiger partial charge is 0.496 e. The van der Waals surface area contributed by atoms with Gasteiger partial charge >= 0.3 is 0 Å². The van der Waals surface area contributed by atoms with Gasteiger partial charge in [0.25, 0.3) is 0 Å². The van der Waals surface area contributed by atoms with Crippen LogP contribution in [0.3, 0.4) is 0 Å². The second kappa shape index (κ2) is 4.91. The molecule has 17 heavy (non-hydrogen) atoms. The Bertz CT molecular complexity index is 429. The number of methoxy groups -OCH3 is 1. The lowest BCUT2D eigenvalue weighted by Gasteiger charge is -2.14. The summed E-state index contributed by atoms with van der Waals surface area (Å²) < 4.78 is 5.27. The zero-order valence-corrected chi connectivity index (χ0v) is 10.9.